The highest BCUT2D eigenvalue weighted by Crippen LogP contribution is 2.36. The van der Waals surface area contributed by atoms with Crippen molar-refractivity contribution in [2.24, 2.45) is 14.1 Å². The third kappa shape index (κ3) is 3.35. The highest BCUT2D eigenvalue weighted by atomic mass is 32.1. The van der Waals surface area contributed by atoms with Gasteiger partial charge in [-0.15, -0.1) is 16.4 Å². The van der Waals surface area contributed by atoms with Crippen LogP contribution in [0.1, 0.15) is 43.9 Å². The first-order chi connectivity index (χ1) is 13.0. The van der Waals surface area contributed by atoms with Crippen molar-refractivity contribution < 1.29 is 9.59 Å². The van der Waals surface area contributed by atoms with Crippen LogP contribution in [0.4, 0.5) is 5.82 Å². The molecule has 0 aliphatic carbocycles. The van der Waals surface area contributed by atoms with Crippen molar-refractivity contribution >= 4 is 29.0 Å². The Labute approximate surface area is 159 Å². The molecule has 1 N–H and O–H groups in total. The van der Waals surface area contributed by atoms with Gasteiger partial charge in [0.25, 0.3) is 11.8 Å². The molecule has 2 amide bonds. The number of carbonyl (C=O) groups is 2. The van der Waals surface area contributed by atoms with Gasteiger partial charge in [-0.25, -0.2) is 0 Å². The van der Waals surface area contributed by atoms with Crippen molar-refractivity contribution in [3.63, 3.8) is 0 Å². The number of aromatic nitrogens is 5. The molecular formula is C17H19N7O2S. The van der Waals surface area contributed by atoms with E-state index in [-0.39, 0.29) is 17.9 Å². The van der Waals surface area contributed by atoms with E-state index >= 15 is 0 Å². The quantitative estimate of drug-likeness (QED) is 0.739. The van der Waals surface area contributed by atoms with Crippen LogP contribution in [0.15, 0.2) is 30.6 Å². The number of hydrogen-bond donors (Lipinski definition) is 1. The van der Waals surface area contributed by atoms with E-state index in [4.69, 9.17) is 0 Å². The monoisotopic (exact) mass is 385 g/mol. The number of carbonyl (C=O) groups excluding carboxylic acids is 2. The molecule has 0 radical (unpaired) electrons. The zero-order valence-corrected chi connectivity index (χ0v) is 15.8. The van der Waals surface area contributed by atoms with Gasteiger partial charge in [0.15, 0.2) is 5.82 Å². The maximum absolute atomic E-state index is 12.9. The molecule has 27 heavy (non-hydrogen) atoms. The van der Waals surface area contributed by atoms with Crippen molar-refractivity contribution in [3.8, 4) is 0 Å². The molecule has 4 heterocycles. The van der Waals surface area contributed by atoms with E-state index in [1.54, 1.807) is 43.3 Å². The van der Waals surface area contributed by atoms with E-state index in [1.165, 1.54) is 16.0 Å². The summed E-state index contributed by atoms with van der Waals surface area (Å²) in [6.07, 6.45) is 5.08. The topological polar surface area (TPSA) is 97.9 Å². The number of amides is 2. The Morgan fingerprint density at radius 2 is 2.11 bits per heavy atom. The van der Waals surface area contributed by atoms with Gasteiger partial charge in [-0.2, -0.15) is 5.10 Å². The second-order valence-electron chi connectivity index (χ2n) is 6.43. The van der Waals surface area contributed by atoms with E-state index in [0.717, 1.165) is 17.7 Å². The lowest BCUT2D eigenvalue weighted by molar-refractivity contribution is 0.0726. The smallest absolute Gasteiger partial charge is 0.272 e. The Hall–Kier alpha value is -3.01. The third-order valence-corrected chi connectivity index (χ3v) is 5.76. The summed E-state index contributed by atoms with van der Waals surface area (Å²) in [4.78, 5) is 28.8. The SMILES string of the molecule is Cn1cc(NC(=O)c2ccc([C@H]3CCCN3C(=O)c3ccnn3C)s2)nn1. The van der Waals surface area contributed by atoms with Crippen LogP contribution in [0.5, 0.6) is 0 Å². The van der Waals surface area contributed by atoms with Gasteiger partial charge in [0.05, 0.1) is 17.1 Å². The van der Waals surface area contributed by atoms with Crippen molar-refractivity contribution in [2.45, 2.75) is 18.9 Å². The van der Waals surface area contributed by atoms with Crippen molar-refractivity contribution in [3.05, 3.63) is 46.0 Å². The van der Waals surface area contributed by atoms with E-state index in [0.29, 0.717) is 22.9 Å². The van der Waals surface area contributed by atoms with E-state index in [1.807, 2.05) is 11.0 Å². The average Bonchev–Trinajstić information content (AvgIpc) is 3.41. The van der Waals surface area contributed by atoms with E-state index in [9.17, 15) is 9.59 Å². The maximum Gasteiger partial charge on any atom is 0.272 e. The molecule has 0 unspecified atom stereocenters. The predicted octanol–water partition coefficient (Wildman–Crippen LogP) is 1.84. The van der Waals surface area contributed by atoms with Gasteiger partial charge >= 0.3 is 0 Å². The van der Waals surface area contributed by atoms with Crippen LogP contribution in [0, 0.1) is 0 Å². The molecule has 0 aromatic carbocycles. The summed E-state index contributed by atoms with van der Waals surface area (Å²) in [5.74, 6) is 0.150. The van der Waals surface area contributed by atoms with Crippen LogP contribution in [0.3, 0.4) is 0 Å². The number of hydrogen-bond acceptors (Lipinski definition) is 6. The molecule has 0 saturated carbocycles. The van der Waals surface area contributed by atoms with Gasteiger partial charge in [-0.3, -0.25) is 19.0 Å². The van der Waals surface area contributed by atoms with Gasteiger partial charge in [0, 0.05) is 31.7 Å². The number of nitrogens with zero attached hydrogens (tertiary/aromatic N) is 6. The van der Waals surface area contributed by atoms with Crippen molar-refractivity contribution in [2.75, 3.05) is 11.9 Å². The summed E-state index contributed by atoms with van der Waals surface area (Å²) in [5.41, 5.74) is 0.569. The Balaban J connectivity index is 1.51. The Morgan fingerprint density at radius 1 is 1.26 bits per heavy atom. The van der Waals surface area contributed by atoms with Gasteiger partial charge < -0.3 is 10.2 Å². The van der Waals surface area contributed by atoms with Crippen molar-refractivity contribution in [1.82, 2.24) is 29.7 Å². The summed E-state index contributed by atoms with van der Waals surface area (Å²) in [7, 11) is 3.50. The summed E-state index contributed by atoms with van der Waals surface area (Å²) < 4.78 is 3.11. The number of anilines is 1. The van der Waals surface area contributed by atoms with Gasteiger partial charge in [-0.05, 0) is 31.0 Å². The van der Waals surface area contributed by atoms with Gasteiger partial charge in [0.1, 0.15) is 5.69 Å². The molecule has 0 bridgehead atoms. The van der Waals surface area contributed by atoms with Crippen LogP contribution >= 0.6 is 11.3 Å². The fourth-order valence-electron chi connectivity index (χ4n) is 3.27. The minimum atomic E-state index is -0.228. The molecule has 3 aromatic heterocycles. The molecule has 1 aliphatic rings. The van der Waals surface area contributed by atoms with Crippen LogP contribution in [0.2, 0.25) is 0 Å². The molecule has 10 heteroatoms. The van der Waals surface area contributed by atoms with Gasteiger partial charge in [0.2, 0.25) is 0 Å². The molecule has 1 fully saturated rings. The third-order valence-electron chi connectivity index (χ3n) is 4.58. The Morgan fingerprint density at radius 3 is 2.81 bits per heavy atom. The minimum absolute atomic E-state index is 0.0181. The molecular weight excluding hydrogens is 366 g/mol. The lowest BCUT2D eigenvalue weighted by atomic mass is 10.2. The van der Waals surface area contributed by atoms with Crippen LogP contribution < -0.4 is 5.32 Å². The summed E-state index contributed by atoms with van der Waals surface area (Å²) >= 11 is 1.40. The Bertz CT molecular complexity index is 989. The predicted molar refractivity (Wildman–Crippen MR) is 99.5 cm³/mol. The zero-order chi connectivity index (χ0) is 19.0. The number of likely N-dealkylation sites (tertiary alicyclic amines) is 1. The molecule has 1 saturated heterocycles. The molecule has 140 valence electrons. The second-order valence-corrected chi connectivity index (χ2v) is 7.55. The van der Waals surface area contributed by atoms with E-state index < -0.39 is 0 Å². The molecule has 3 aromatic rings. The number of aryl methyl sites for hydroxylation is 2. The molecule has 1 atom stereocenters. The molecule has 0 spiro atoms. The van der Waals surface area contributed by atoms with Crippen molar-refractivity contribution in [1.29, 1.82) is 0 Å². The fourth-order valence-corrected chi connectivity index (χ4v) is 4.32. The Kier molecular flexibility index (Phi) is 4.48. The number of rotatable bonds is 4. The lowest BCUT2D eigenvalue weighted by Gasteiger charge is -2.23. The average molecular weight is 385 g/mol. The summed E-state index contributed by atoms with van der Waals surface area (Å²) in [5, 5.41) is 14.5. The molecule has 1 aliphatic heterocycles. The minimum Gasteiger partial charge on any atom is -0.329 e. The van der Waals surface area contributed by atoms with Crippen LogP contribution in [-0.2, 0) is 14.1 Å². The summed E-state index contributed by atoms with van der Waals surface area (Å²) in [6.45, 7) is 0.702. The first-order valence-electron chi connectivity index (χ1n) is 8.59. The van der Waals surface area contributed by atoms with Crippen LogP contribution in [0.25, 0.3) is 0 Å². The first kappa shape index (κ1) is 17.4. The zero-order valence-electron chi connectivity index (χ0n) is 15.0. The fraction of sp³-hybridized carbons (Fsp3) is 0.353. The first-order valence-corrected chi connectivity index (χ1v) is 9.41. The maximum atomic E-state index is 12.9. The number of thiophene rings is 1. The highest BCUT2D eigenvalue weighted by molar-refractivity contribution is 7.14. The summed E-state index contributed by atoms with van der Waals surface area (Å²) in [6, 6.07) is 5.42. The van der Waals surface area contributed by atoms with Crippen LogP contribution in [-0.4, -0.2) is 48.0 Å². The largest absolute Gasteiger partial charge is 0.329 e. The van der Waals surface area contributed by atoms with E-state index in [2.05, 4.69) is 20.7 Å². The molecule has 9 nitrogen and oxygen atoms in total. The second kappa shape index (κ2) is 6.95. The molecule has 4 rings (SSSR count). The highest BCUT2D eigenvalue weighted by Gasteiger charge is 2.33. The standard InChI is InChI=1S/C17H19N7O2S/c1-22-10-15(20-21-22)19-16(25)14-6-5-13(27-14)11-4-3-9-24(11)17(26)12-7-8-18-23(12)2/h5-8,10-11H,3-4,9H2,1-2H3,(H,19,25)/t11-/m1/s1. The number of nitrogens with one attached hydrogen (secondary N) is 1. The lowest BCUT2D eigenvalue weighted by Crippen LogP contribution is -2.31. The normalized spacial score (nSPS) is 16.7. The van der Waals surface area contributed by atoms with Gasteiger partial charge in [-0.1, -0.05) is 5.21 Å².